The molecule has 0 radical (unpaired) electrons. The minimum Gasteiger partial charge on any atom is -0.450 e. The lowest BCUT2D eigenvalue weighted by atomic mass is 10.1. The SMILES string of the molecule is CC(=O)O[C@H]1[C@@H](OCc2ccccc2)[C@H](OCc2ccccc2)[C@@H](COCc2ccccc2)OP1O. The van der Waals surface area contributed by atoms with E-state index in [0.29, 0.717) is 13.2 Å². The van der Waals surface area contributed by atoms with Gasteiger partial charge in [0.05, 0.1) is 26.4 Å². The van der Waals surface area contributed by atoms with E-state index in [4.69, 9.17) is 23.5 Å². The summed E-state index contributed by atoms with van der Waals surface area (Å²) in [6, 6.07) is 29.2. The molecular formula is C28H31O7P. The first kappa shape index (κ1) is 26.4. The van der Waals surface area contributed by atoms with Gasteiger partial charge in [-0.15, -0.1) is 0 Å². The van der Waals surface area contributed by atoms with Crippen LogP contribution in [-0.2, 0) is 48.1 Å². The number of hydrogen-bond donors (Lipinski definition) is 1. The van der Waals surface area contributed by atoms with Crippen LogP contribution in [0.2, 0.25) is 0 Å². The summed E-state index contributed by atoms with van der Waals surface area (Å²) in [4.78, 5) is 22.7. The van der Waals surface area contributed by atoms with Gasteiger partial charge in [-0.1, -0.05) is 91.0 Å². The number of carbonyl (C=O) groups excluding carboxylic acids is 1. The molecule has 5 atom stereocenters. The maximum atomic E-state index is 11.9. The van der Waals surface area contributed by atoms with E-state index in [9.17, 15) is 9.69 Å². The van der Waals surface area contributed by atoms with Crippen molar-refractivity contribution in [3.63, 3.8) is 0 Å². The second kappa shape index (κ2) is 13.6. The summed E-state index contributed by atoms with van der Waals surface area (Å²) in [5.74, 6) is -1.52. The van der Waals surface area contributed by atoms with E-state index in [1.54, 1.807) is 0 Å². The maximum Gasteiger partial charge on any atom is 0.303 e. The highest BCUT2D eigenvalue weighted by molar-refractivity contribution is 7.47. The maximum absolute atomic E-state index is 11.9. The number of rotatable bonds is 11. The zero-order valence-electron chi connectivity index (χ0n) is 20.1. The van der Waals surface area contributed by atoms with Crippen LogP contribution in [0.1, 0.15) is 23.6 Å². The van der Waals surface area contributed by atoms with Crippen molar-refractivity contribution in [2.24, 2.45) is 0 Å². The fourth-order valence-electron chi connectivity index (χ4n) is 3.95. The van der Waals surface area contributed by atoms with Crippen LogP contribution < -0.4 is 0 Å². The molecule has 1 aliphatic heterocycles. The van der Waals surface area contributed by atoms with Gasteiger partial charge in [-0.3, -0.25) is 4.79 Å². The standard InChI is InChI=1S/C28H31O7P/c1-21(29)34-28-27(33-19-24-15-9-4-10-16-24)26(32-18-23-13-7-3-8-14-23)25(35-36(28)30)20-31-17-22-11-5-2-6-12-22/h2-16,25-28,30H,17-20H2,1H3/t25-,26-,27+,28-,36?/m1/s1. The summed E-state index contributed by atoms with van der Waals surface area (Å²) in [5, 5.41) is 0. The molecule has 1 unspecified atom stereocenters. The Morgan fingerprint density at radius 1 is 0.778 bits per heavy atom. The molecule has 1 N–H and O–H groups in total. The summed E-state index contributed by atoms with van der Waals surface area (Å²) in [5.41, 5.74) is 2.95. The quantitative estimate of drug-likeness (QED) is 0.288. The minimum atomic E-state index is -2.14. The predicted octanol–water partition coefficient (Wildman–Crippen LogP) is 4.97. The molecule has 1 saturated heterocycles. The van der Waals surface area contributed by atoms with Crippen LogP contribution in [0.5, 0.6) is 0 Å². The van der Waals surface area contributed by atoms with Gasteiger partial charge < -0.3 is 28.4 Å². The number of hydrogen-bond acceptors (Lipinski definition) is 7. The summed E-state index contributed by atoms with van der Waals surface area (Å²) < 4.78 is 30.0. The van der Waals surface area contributed by atoms with Crippen LogP contribution in [0.15, 0.2) is 91.0 Å². The normalized spacial score (nSPS) is 23.8. The molecule has 0 aromatic heterocycles. The Morgan fingerprint density at radius 3 is 1.75 bits per heavy atom. The van der Waals surface area contributed by atoms with Crippen molar-refractivity contribution in [3.05, 3.63) is 108 Å². The lowest BCUT2D eigenvalue weighted by Gasteiger charge is -2.43. The van der Waals surface area contributed by atoms with Gasteiger partial charge >= 0.3 is 5.97 Å². The summed E-state index contributed by atoms with van der Waals surface area (Å²) in [7, 11) is -2.14. The zero-order valence-corrected chi connectivity index (χ0v) is 21.0. The number of benzene rings is 3. The molecular weight excluding hydrogens is 479 g/mol. The van der Waals surface area contributed by atoms with Gasteiger partial charge in [-0.25, -0.2) is 0 Å². The van der Waals surface area contributed by atoms with E-state index >= 15 is 0 Å². The molecule has 0 aliphatic carbocycles. The third-order valence-electron chi connectivity index (χ3n) is 5.68. The van der Waals surface area contributed by atoms with Gasteiger partial charge in [0.2, 0.25) is 8.38 Å². The average Bonchev–Trinajstić information content (AvgIpc) is 2.90. The monoisotopic (exact) mass is 510 g/mol. The van der Waals surface area contributed by atoms with E-state index in [2.05, 4.69) is 0 Å². The van der Waals surface area contributed by atoms with Crippen LogP contribution in [0, 0.1) is 0 Å². The number of esters is 1. The van der Waals surface area contributed by atoms with E-state index in [1.807, 2.05) is 91.0 Å². The predicted molar refractivity (Wildman–Crippen MR) is 136 cm³/mol. The first-order valence-corrected chi connectivity index (χ1v) is 13.1. The zero-order chi connectivity index (χ0) is 25.2. The largest absolute Gasteiger partial charge is 0.450 e. The lowest BCUT2D eigenvalue weighted by Crippen LogP contribution is -2.54. The highest BCUT2D eigenvalue weighted by atomic mass is 31.2. The summed E-state index contributed by atoms with van der Waals surface area (Å²) in [6.07, 6.45) is -2.03. The molecule has 0 spiro atoms. The second-order valence-electron chi connectivity index (χ2n) is 8.47. The Labute approximate surface area is 212 Å². The fourth-order valence-corrected chi connectivity index (χ4v) is 5.27. The number of ether oxygens (including phenoxy) is 4. The first-order chi connectivity index (χ1) is 17.6. The van der Waals surface area contributed by atoms with Crippen molar-refractivity contribution in [1.29, 1.82) is 0 Å². The van der Waals surface area contributed by atoms with Crippen molar-refractivity contribution < 1.29 is 33.2 Å². The Hall–Kier alpha value is -2.64. The molecule has 8 heteroatoms. The molecule has 1 heterocycles. The third kappa shape index (κ3) is 7.68. The molecule has 1 fully saturated rings. The summed E-state index contributed by atoms with van der Waals surface area (Å²) in [6.45, 7) is 2.41. The van der Waals surface area contributed by atoms with Crippen LogP contribution in [-0.4, -0.2) is 41.6 Å². The molecule has 190 valence electrons. The molecule has 0 amide bonds. The Balaban J connectivity index is 1.53. The van der Waals surface area contributed by atoms with E-state index < -0.39 is 38.5 Å². The van der Waals surface area contributed by atoms with Crippen molar-refractivity contribution >= 4 is 14.3 Å². The van der Waals surface area contributed by atoms with Crippen LogP contribution in [0.4, 0.5) is 0 Å². The van der Waals surface area contributed by atoms with Crippen molar-refractivity contribution in [1.82, 2.24) is 0 Å². The molecule has 0 saturated carbocycles. The molecule has 36 heavy (non-hydrogen) atoms. The van der Waals surface area contributed by atoms with Crippen molar-refractivity contribution in [2.75, 3.05) is 6.61 Å². The summed E-state index contributed by atoms with van der Waals surface area (Å²) >= 11 is 0. The molecule has 1 aliphatic rings. The Kier molecular flexibility index (Phi) is 9.99. The van der Waals surface area contributed by atoms with E-state index in [1.165, 1.54) is 6.92 Å². The highest BCUT2D eigenvalue weighted by Gasteiger charge is 2.49. The second-order valence-corrected chi connectivity index (χ2v) is 9.79. The lowest BCUT2D eigenvalue weighted by molar-refractivity contribution is -0.189. The Morgan fingerprint density at radius 2 is 1.25 bits per heavy atom. The van der Waals surface area contributed by atoms with Crippen molar-refractivity contribution in [2.45, 2.75) is 50.9 Å². The topological polar surface area (TPSA) is 83.5 Å². The molecule has 3 aromatic carbocycles. The molecule has 4 rings (SSSR count). The van der Waals surface area contributed by atoms with Gasteiger partial charge in [0, 0.05) is 6.92 Å². The van der Waals surface area contributed by atoms with Crippen LogP contribution >= 0.6 is 8.38 Å². The highest BCUT2D eigenvalue weighted by Crippen LogP contribution is 2.49. The van der Waals surface area contributed by atoms with Gasteiger partial charge in [-0.05, 0) is 16.7 Å². The molecule has 7 nitrogen and oxygen atoms in total. The van der Waals surface area contributed by atoms with E-state index in [0.717, 1.165) is 16.7 Å². The number of carbonyl (C=O) groups is 1. The van der Waals surface area contributed by atoms with Gasteiger partial charge in [0.25, 0.3) is 0 Å². The first-order valence-electron chi connectivity index (χ1n) is 11.8. The average molecular weight is 511 g/mol. The van der Waals surface area contributed by atoms with Crippen molar-refractivity contribution in [3.8, 4) is 0 Å². The van der Waals surface area contributed by atoms with Gasteiger partial charge in [0.1, 0.15) is 18.3 Å². The smallest absolute Gasteiger partial charge is 0.303 e. The van der Waals surface area contributed by atoms with Crippen LogP contribution in [0.3, 0.4) is 0 Å². The van der Waals surface area contributed by atoms with Gasteiger partial charge in [0.15, 0.2) is 5.85 Å². The molecule has 0 bridgehead atoms. The molecule has 3 aromatic rings. The van der Waals surface area contributed by atoms with Gasteiger partial charge in [-0.2, -0.15) is 0 Å². The Bertz CT molecular complexity index is 1050. The minimum absolute atomic E-state index is 0.172. The third-order valence-corrected chi connectivity index (χ3v) is 7.00. The van der Waals surface area contributed by atoms with Crippen LogP contribution in [0.25, 0.3) is 0 Å². The van der Waals surface area contributed by atoms with E-state index in [-0.39, 0.29) is 13.2 Å². The fraction of sp³-hybridized carbons (Fsp3) is 0.321.